The molecule has 0 aliphatic carbocycles. The van der Waals surface area contributed by atoms with E-state index in [0.717, 1.165) is 5.75 Å². The molecule has 0 radical (unpaired) electrons. The second-order valence-electron chi connectivity index (χ2n) is 5.19. The van der Waals surface area contributed by atoms with E-state index in [2.05, 4.69) is 24.2 Å². The third-order valence-corrected chi connectivity index (χ3v) is 3.19. The number of carbonyl (C=O) groups excluding carboxylic acids is 2. The predicted octanol–water partition coefficient (Wildman–Crippen LogP) is 0.961. The van der Waals surface area contributed by atoms with Crippen LogP contribution in [0.1, 0.15) is 31.7 Å². The van der Waals surface area contributed by atoms with E-state index in [1.54, 1.807) is 0 Å². The molecule has 1 aliphatic rings. The number of carbonyl (C=O) groups is 2. The number of nitrogens with zero attached hydrogens (tertiary/aromatic N) is 1. The van der Waals surface area contributed by atoms with Gasteiger partial charge >= 0.3 is 0 Å². The Morgan fingerprint density at radius 1 is 1.38 bits per heavy atom. The molecule has 0 fully saturated rings. The van der Waals surface area contributed by atoms with Crippen LogP contribution in [0.5, 0.6) is 5.75 Å². The maximum atomic E-state index is 11.4. The summed E-state index contributed by atoms with van der Waals surface area (Å²) in [7, 11) is 0. The van der Waals surface area contributed by atoms with Crippen molar-refractivity contribution in [3.8, 4) is 5.75 Å². The zero-order chi connectivity index (χ0) is 15.4. The molecular formula is C15H19N3O3. The number of hydrogen-bond acceptors (Lipinski definition) is 4. The van der Waals surface area contributed by atoms with Crippen molar-refractivity contribution in [2.75, 3.05) is 6.61 Å². The van der Waals surface area contributed by atoms with Gasteiger partial charge in [-0.25, -0.2) is 0 Å². The van der Waals surface area contributed by atoms with E-state index in [1.807, 2.05) is 24.3 Å². The van der Waals surface area contributed by atoms with Crippen LogP contribution in [0.15, 0.2) is 29.3 Å². The molecule has 1 heterocycles. The highest BCUT2D eigenvalue weighted by Crippen LogP contribution is 2.20. The number of aliphatic imine (C=N–C) groups is 1. The standard InChI is InChI=1S/C15H19N3O3/c1-9(2)10-4-3-5-11(8-10)21-7-6-12-17-14(19)13(16)15(20)18-12/h3-5,8-9,13H,6-7,16H2,1-2H3,(H,17,18,19,20). The number of ether oxygens (including phenoxy) is 1. The lowest BCUT2D eigenvalue weighted by Crippen LogP contribution is -2.52. The minimum atomic E-state index is -1.20. The summed E-state index contributed by atoms with van der Waals surface area (Å²) in [6, 6.07) is 6.63. The number of amides is 2. The zero-order valence-electron chi connectivity index (χ0n) is 12.1. The smallest absolute Gasteiger partial charge is 0.273 e. The molecule has 3 N–H and O–H groups in total. The van der Waals surface area contributed by atoms with E-state index in [4.69, 9.17) is 10.5 Å². The number of nitrogens with one attached hydrogen (secondary N) is 1. The highest BCUT2D eigenvalue weighted by atomic mass is 16.5. The maximum Gasteiger partial charge on any atom is 0.273 e. The van der Waals surface area contributed by atoms with Crippen LogP contribution in [0.3, 0.4) is 0 Å². The normalized spacial score (nSPS) is 18.5. The van der Waals surface area contributed by atoms with Gasteiger partial charge in [-0.2, -0.15) is 4.99 Å². The Kier molecular flexibility index (Phi) is 4.70. The van der Waals surface area contributed by atoms with Crippen molar-refractivity contribution in [2.24, 2.45) is 10.7 Å². The minimum Gasteiger partial charge on any atom is -0.493 e. The van der Waals surface area contributed by atoms with Crippen molar-refractivity contribution in [3.63, 3.8) is 0 Å². The molecule has 1 aromatic carbocycles. The van der Waals surface area contributed by atoms with Gasteiger partial charge in [-0.3, -0.25) is 9.59 Å². The molecule has 0 saturated heterocycles. The fraction of sp³-hybridized carbons (Fsp3) is 0.400. The van der Waals surface area contributed by atoms with Crippen molar-refractivity contribution in [1.29, 1.82) is 0 Å². The molecule has 2 amide bonds. The number of nitrogens with two attached hydrogens (primary N) is 1. The fourth-order valence-corrected chi connectivity index (χ4v) is 1.91. The summed E-state index contributed by atoms with van der Waals surface area (Å²) in [4.78, 5) is 26.5. The predicted molar refractivity (Wildman–Crippen MR) is 79.2 cm³/mol. The van der Waals surface area contributed by atoms with Gasteiger partial charge in [-0.15, -0.1) is 0 Å². The van der Waals surface area contributed by atoms with Gasteiger partial charge in [-0.1, -0.05) is 26.0 Å². The molecule has 1 aromatic rings. The minimum absolute atomic E-state index is 0.298. The van der Waals surface area contributed by atoms with Gasteiger partial charge in [0.15, 0.2) is 6.04 Å². The molecule has 1 atom stereocenters. The van der Waals surface area contributed by atoms with Crippen molar-refractivity contribution in [3.05, 3.63) is 29.8 Å². The highest BCUT2D eigenvalue weighted by Gasteiger charge is 2.27. The number of hydrogen-bond donors (Lipinski definition) is 2. The van der Waals surface area contributed by atoms with Crippen LogP contribution in [0, 0.1) is 0 Å². The van der Waals surface area contributed by atoms with Gasteiger partial charge in [0, 0.05) is 6.42 Å². The van der Waals surface area contributed by atoms with Crippen LogP contribution in [0.2, 0.25) is 0 Å². The van der Waals surface area contributed by atoms with Crippen LogP contribution in [0.4, 0.5) is 0 Å². The van der Waals surface area contributed by atoms with E-state index in [0.29, 0.717) is 24.8 Å². The number of amidine groups is 1. The lowest BCUT2D eigenvalue weighted by molar-refractivity contribution is -0.129. The molecule has 0 saturated carbocycles. The van der Waals surface area contributed by atoms with Crippen LogP contribution < -0.4 is 15.8 Å². The van der Waals surface area contributed by atoms with Crippen LogP contribution >= 0.6 is 0 Å². The Balaban J connectivity index is 1.90. The maximum absolute atomic E-state index is 11.4. The first-order valence-corrected chi connectivity index (χ1v) is 6.88. The van der Waals surface area contributed by atoms with Gasteiger partial charge in [0.2, 0.25) is 0 Å². The van der Waals surface area contributed by atoms with Crippen molar-refractivity contribution in [1.82, 2.24) is 5.32 Å². The van der Waals surface area contributed by atoms with E-state index >= 15 is 0 Å². The molecule has 1 unspecified atom stereocenters. The van der Waals surface area contributed by atoms with Crippen LogP contribution in [-0.4, -0.2) is 30.3 Å². The molecule has 2 rings (SSSR count). The Morgan fingerprint density at radius 2 is 2.14 bits per heavy atom. The molecule has 0 aromatic heterocycles. The highest BCUT2D eigenvalue weighted by molar-refractivity contribution is 6.18. The fourth-order valence-electron chi connectivity index (χ4n) is 1.91. The zero-order valence-corrected chi connectivity index (χ0v) is 12.1. The summed E-state index contributed by atoms with van der Waals surface area (Å²) in [5, 5.41) is 2.50. The first-order valence-electron chi connectivity index (χ1n) is 6.88. The largest absolute Gasteiger partial charge is 0.493 e. The average Bonchev–Trinajstić information content (AvgIpc) is 2.45. The number of benzene rings is 1. The summed E-state index contributed by atoms with van der Waals surface area (Å²) >= 11 is 0. The summed E-state index contributed by atoms with van der Waals surface area (Å²) in [5.74, 6) is 0.343. The van der Waals surface area contributed by atoms with E-state index in [-0.39, 0.29) is 0 Å². The molecule has 21 heavy (non-hydrogen) atoms. The quantitative estimate of drug-likeness (QED) is 0.789. The summed E-state index contributed by atoms with van der Waals surface area (Å²) < 4.78 is 5.62. The Bertz CT molecular complexity index is 581. The van der Waals surface area contributed by atoms with Crippen LogP contribution in [-0.2, 0) is 9.59 Å². The second-order valence-corrected chi connectivity index (χ2v) is 5.19. The summed E-state index contributed by atoms with van der Waals surface area (Å²) in [5.41, 5.74) is 6.54. The molecule has 1 aliphatic heterocycles. The Labute approximate surface area is 123 Å². The lowest BCUT2D eigenvalue weighted by atomic mass is 10.0. The Hall–Kier alpha value is -2.21. The lowest BCUT2D eigenvalue weighted by Gasteiger charge is -2.17. The van der Waals surface area contributed by atoms with E-state index in [1.165, 1.54) is 5.56 Å². The summed E-state index contributed by atoms with van der Waals surface area (Å²) in [6.45, 7) is 4.55. The second kappa shape index (κ2) is 6.49. The molecule has 6 nitrogen and oxygen atoms in total. The summed E-state index contributed by atoms with van der Waals surface area (Å²) in [6.07, 6.45) is 0.343. The van der Waals surface area contributed by atoms with Gasteiger partial charge in [0.05, 0.1) is 6.61 Å². The van der Waals surface area contributed by atoms with Gasteiger partial charge < -0.3 is 15.8 Å². The third-order valence-electron chi connectivity index (χ3n) is 3.19. The van der Waals surface area contributed by atoms with Gasteiger partial charge in [0.1, 0.15) is 11.6 Å². The van der Waals surface area contributed by atoms with Gasteiger partial charge in [0.25, 0.3) is 11.8 Å². The molecule has 112 valence electrons. The third kappa shape index (κ3) is 3.88. The first-order chi connectivity index (χ1) is 9.97. The molecule has 0 spiro atoms. The SMILES string of the molecule is CC(C)c1cccc(OCCC2=NC(=O)C(N)C(=O)N2)c1. The van der Waals surface area contributed by atoms with E-state index < -0.39 is 17.9 Å². The van der Waals surface area contributed by atoms with Crippen molar-refractivity contribution in [2.45, 2.75) is 32.2 Å². The van der Waals surface area contributed by atoms with Crippen LogP contribution in [0.25, 0.3) is 0 Å². The van der Waals surface area contributed by atoms with Crippen molar-refractivity contribution < 1.29 is 14.3 Å². The molecular weight excluding hydrogens is 270 g/mol. The topological polar surface area (TPSA) is 93.8 Å². The average molecular weight is 289 g/mol. The number of rotatable bonds is 5. The molecule has 0 bridgehead atoms. The first kappa shape index (κ1) is 15.2. The molecule has 6 heteroatoms. The Morgan fingerprint density at radius 3 is 2.81 bits per heavy atom. The van der Waals surface area contributed by atoms with Crippen molar-refractivity contribution >= 4 is 17.6 Å². The van der Waals surface area contributed by atoms with E-state index in [9.17, 15) is 9.59 Å². The monoisotopic (exact) mass is 289 g/mol. The van der Waals surface area contributed by atoms with Gasteiger partial charge in [-0.05, 0) is 23.6 Å².